The molecule has 0 aliphatic carbocycles. The van der Waals surface area contributed by atoms with Crippen LogP contribution in [0.4, 0.5) is 0 Å². The van der Waals surface area contributed by atoms with Gasteiger partial charge in [-0.15, -0.1) is 0 Å². The van der Waals surface area contributed by atoms with Crippen LogP contribution in [-0.2, 0) is 0 Å². The number of carbonyl (C=O) groups is 3. The average molecular weight is 422 g/mol. The van der Waals surface area contributed by atoms with Crippen LogP contribution in [0.1, 0.15) is 36.6 Å². The van der Waals surface area contributed by atoms with Crippen molar-refractivity contribution in [1.29, 1.82) is 0 Å². The summed E-state index contributed by atoms with van der Waals surface area (Å²) in [7, 11) is 0. The van der Waals surface area contributed by atoms with Crippen molar-refractivity contribution >= 4 is 17.7 Å². The van der Waals surface area contributed by atoms with Gasteiger partial charge in [-0.25, -0.2) is 9.59 Å². The fourth-order valence-electron chi connectivity index (χ4n) is 3.04. The molecule has 0 aliphatic rings. The van der Waals surface area contributed by atoms with E-state index in [9.17, 15) is 14.4 Å². The van der Waals surface area contributed by atoms with E-state index in [-0.39, 0.29) is 17.3 Å². The molecule has 0 spiro atoms. The van der Waals surface area contributed by atoms with Gasteiger partial charge in [0.05, 0.1) is 11.1 Å². The van der Waals surface area contributed by atoms with E-state index in [1.165, 1.54) is 18.2 Å². The predicted octanol–water partition coefficient (Wildman–Crippen LogP) is 5.36. The number of ether oxygens (including phenoxy) is 2. The van der Waals surface area contributed by atoms with Gasteiger partial charge < -0.3 is 9.47 Å². The van der Waals surface area contributed by atoms with Crippen molar-refractivity contribution in [3.05, 3.63) is 131 Å². The molecule has 0 radical (unpaired) electrons. The number of hydrogen-bond donors (Lipinski definition) is 0. The SMILES string of the molecule is O=C(Oc1ccc(C(=O)c2ccccc2)cc1OC(=O)c1ccccc1)c1ccccc1. The minimum absolute atomic E-state index is 0.0232. The highest BCUT2D eigenvalue weighted by atomic mass is 16.6. The smallest absolute Gasteiger partial charge is 0.343 e. The Hall–Kier alpha value is -4.51. The van der Waals surface area contributed by atoms with E-state index in [4.69, 9.17) is 9.47 Å². The fourth-order valence-corrected chi connectivity index (χ4v) is 3.04. The zero-order valence-corrected chi connectivity index (χ0v) is 16.9. The molecule has 4 aromatic carbocycles. The van der Waals surface area contributed by atoms with Crippen LogP contribution in [0.5, 0.6) is 11.5 Å². The van der Waals surface area contributed by atoms with E-state index in [1.807, 2.05) is 6.07 Å². The van der Waals surface area contributed by atoms with Crippen LogP contribution in [0.15, 0.2) is 109 Å². The Morgan fingerprint density at radius 3 is 1.38 bits per heavy atom. The Morgan fingerprint density at radius 1 is 0.438 bits per heavy atom. The first-order valence-electron chi connectivity index (χ1n) is 9.90. The van der Waals surface area contributed by atoms with Gasteiger partial charge in [0, 0.05) is 11.1 Å². The third-order valence-corrected chi connectivity index (χ3v) is 4.67. The maximum atomic E-state index is 12.9. The molecule has 0 amide bonds. The summed E-state index contributed by atoms with van der Waals surface area (Å²) in [6.07, 6.45) is 0. The van der Waals surface area contributed by atoms with E-state index in [2.05, 4.69) is 0 Å². The van der Waals surface area contributed by atoms with Crippen molar-refractivity contribution in [2.24, 2.45) is 0 Å². The van der Waals surface area contributed by atoms with Gasteiger partial charge in [0.25, 0.3) is 0 Å². The molecule has 5 heteroatoms. The maximum Gasteiger partial charge on any atom is 0.343 e. The third-order valence-electron chi connectivity index (χ3n) is 4.67. The second-order valence-electron chi connectivity index (χ2n) is 6.87. The highest BCUT2D eigenvalue weighted by Gasteiger charge is 2.19. The van der Waals surface area contributed by atoms with Crippen LogP contribution in [0.25, 0.3) is 0 Å². The van der Waals surface area contributed by atoms with Gasteiger partial charge in [-0.3, -0.25) is 4.79 Å². The van der Waals surface area contributed by atoms with Gasteiger partial charge in [0.1, 0.15) is 0 Å². The van der Waals surface area contributed by atoms with Crippen molar-refractivity contribution in [2.45, 2.75) is 0 Å². The minimum atomic E-state index is -0.632. The standard InChI is InChI=1S/C27H18O5/c28-25(19-10-4-1-5-11-19)22-16-17-23(31-26(29)20-12-6-2-7-13-20)24(18-22)32-27(30)21-14-8-3-9-15-21/h1-18H. The summed E-state index contributed by atoms with van der Waals surface area (Å²) in [5.41, 5.74) is 1.46. The molecule has 156 valence electrons. The molecule has 0 saturated carbocycles. The summed E-state index contributed by atoms with van der Waals surface area (Å²) in [6.45, 7) is 0. The summed E-state index contributed by atoms with van der Waals surface area (Å²) in [4.78, 5) is 38.0. The molecule has 0 fully saturated rings. The van der Waals surface area contributed by atoms with Gasteiger partial charge in [0.15, 0.2) is 17.3 Å². The summed E-state index contributed by atoms with van der Waals surface area (Å²) >= 11 is 0. The number of hydrogen-bond acceptors (Lipinski definition) is 5. The maximum absolute atomic E-state index is 12.9. The zero-order chi connectivity index (χ0) is 22.3. The van der Waals surface area contributed by atoms with Crippen molar-refractivity contribution in [3.63, 3.8) is 0 Å². The highest BCUT2D eigenvalue weighted by Crippen LogP contribution is 2.31. The second-order valence-corrected chi connectivity index (χ2v) is 6.87. The summed E-state index contributed by atoms with van der Waals surface area (Å²) in [6, 6.07) is 30.0. The average Bonchev–Trinajstić information content (AvgIpc) is 2.86. The molecule has 32 heavy (non-hydrogen) atoms. The summed E-state index contributed by atoms with van der Waals surface area (Å²) < 4.78 is 11.0. The van der Waals surface area contributed by atoms with Crippen molar-refractivity contribution < 1.29 is 23.9 Å². The largest absolute Gasteiger partial charge is 0.419 e. The fraction of sp³-hybridized carbons (Fsp3) is 0. The lowest BCUT2D eigenvalue weighted by Gasteiger charge is -2.12. The van der Waals surface area contributed by atoms with Crippen LogP contribution in [0.3, 0.4) is 0 Å². The van der Waals surface area contributed by atoms with E-state index >= 15 is 0 Å². The first-order valence-corrected chi connectivity index (χ1v) is 9.90. The molecule has 4 aromatic rings. The minimum Gasteiger partial charge on any atom is -0.419 e. The van der Waals surface area contributed by atoms with Crippen LogP contribution in [0.2, 0.25) is 0 Å². The van der Waals surface area contributed by atoms with E-state index in [0.29, 0.717) is 22.3 Å². The second kappa shape index (κ2) is 9.53. The number of rotatable bonds is 6. The van der Waals surface area contributed by atoms with Crippen molar-refractivity contribution in [1.82, 2.24) is 0 Å². The van der Waals surface area contributed by atoms with E-state index in [0.717, 1.165) is 0 Å². The lowest BCUT2D eigenvalue weighted by molar-refractivity contribution is 0.0682. The van der Waals surface area contributed by atoms with Gasteiger partial charge >= 0.3 is 11.9 Å². The molecule has 0 aliphatic heterocycles. The first-order chi connectivity index (χ1) is 15.6. The Morgan fingerprint density at radius 2 is 0.875 bits per heavy atom. The van der Waals surface area contributed by atoms with Crippen LogP contribution >= 0.6 is 0 Å². The normalized spacial score (nSPS) is 10.2. The van der Waals surface area contributed by atoms with Gasteiger partial charge in [-0.1, -0.05) is 66.7 Å². The molecule has 0 bridgehead atoms. The van der Waals surface area contributed by atoms with Crippen molar-refractivity contribution in [2.75, 3.05) is 0 Å². The molecule has 5 nitrogen and oxygen atoms in total. The highest BCUT2D eigenvalue weighted by molar-refractivity contribution is 6.09. The Labute approximate surface area is 184 Å². The lowest BCUT2D eigenvalue weighted by atomic mass is 10.0. The Balaban J connectivity index is 1.67. The predicted molar refractivity (Wildman–Crippen MR) is 119 cm³/mol. The molecular weight excluding hydrogens is 404 g/mol. The van der Waals surface area contributed by atoms with Gasteiger partial charge in [0.2, 0.25) is 0 Å². The molecule has 0 N–H and O–H groups in total. The van der Waals surface area contributed by atoms with Gasteiger partial charge in [-0.05, 0) is 42.5 Å². The topological polar surface area (TPSA) is 69.7 Å². The third kappa shape index (κ3) is 4.79. The number of benzene rings is 4. The molecule has 4 rings (SSSR count). The van der Waals surface area contributed by atoms with Crippen LogP contribution in [0, 0.1) is 0 Å². The first kappa shape index (κ1) is 20.8. The number of carbonyl (C=O) groups excluding carboxylic acids is 3. The Kier molecular flexibility index (Phi) is 6.18. The summed E-state index contributed by atoms with van der Waals surface area (Å²) in [5.74, 6) is -1.47. The molecule has 0 atom stereocenters. The molecule has 0 heterocycles. The quantitative estimate of drug-likeness (QED) is 0.238. The molecule has 0 aromatic heterocycles. The van der Waals surface area contributed by atoms with Crippen molar-refractivity contribution in [3.8, 4) is 11.5 Å². The van der Waals surface area contributed by atoms with Crippen LogP contribution in [-0.4, -0.2) is 17.7 Å². The van der Waals surface area contributed by atoms with E-state index in [1.54, 1.807) is 84.9 Å². The van der Waals surface area contributed by atoms with Gasteiger partial charge in [-0.2, -0.15) is 0 Å². The number of ketones is 1. The molecular formula is C27H18O5. The monoisotopic (exact) mass is 422 g/mol. The molecule has 0 saturated heterocycles. The summed E-state index contributed by atoms with van der Waals surface area (Å²) in [5, 5.41) is 0. The lowest BCUT2D eigenvalue weighted by Crippen LogP contribution is -2.13. The Bertz CT molecular complexity index is 1250. The van der Waals surface area contributed by atoms with E-state index < -0.39 is 11.9 Å². The molecule has 0 unspecified atom stereocenters. The van der Waals surface area contributed by atoms with Crippen LogP contribution < -0.4 is 9.47 Å². The zero-order valence-electron chi connectivity index (χ0n) is 16.9. The number of esters is 2.